The molecule has 0 aliphatic carbocycles. The maximum absolute atomic E-state index is 2.42. The van der Waals surface area contributed by atoms with Crippen molar-refractivity contribution in [3.05, 3.63) is 182 Å². The molecule has 0 fully saturated rings. The maximum Gasteiger partial charge on any atom is 0.0440 e. The number of hydrogen-bond acceptors (Lipinski definition) is 1. The topological polar surface area (TPSA) is 0 Å². The highest BCUT2D eigenvalue weighted by Crippen LogP contribution is 2.50. The lowest BCUT2D eigenvalue weighted by molar-refractivity contribution is 1.65. The van der Waals surface area contributed by atoms with Crippen molar-refractivity contribution < 1.29 is 0 Å². The van der Waals surface area contributed by atoms with Crippen LogP contribution in [0.4, 0.5) is 0 Å². The van der Waals surface area contributed by atoms with Gasteiger partial charge < -0.3 is 0 Å². The average Bonchev–Trinajstić information content (AvgIpc) is 3.56. The summed E-state index contributed by atoms with van der Waals surface area (Å²) in [4.78, 5) is 2.64. The zero-order chi connectivity index (χ0) is 32.3. The zero-order valence-corrected chi connectivity index (χ0v) is 27.5. The van der Waals surface area contributed by atoms with Crippen molar-refractivity contribution in [3.8, 4) is 43.1 Å². The summed E-state index contributed by atoms with van der Waals surface area (Å²) < 4.78 is 0. The molecular formula is C48H30S. The molecule has 1 aromatic heterocycles. The van der Waals surface area contributed by atoms with E-state index in [1.165, 1.54) is 97.0 Å². The second-order valence-corrected chi connectivity index (χ2v) is 13.8. The van der Waals surface area contributed by atoms with E-state index in [2.05, 4.69) is 182 Å². The third-order valence-corrected chi connectivity index (χ3v) is 11.3. The predicted octanol–water partition coefficient (Wildman–Crippen LogP) is 14.2. The number of benzene rings is 9. The van der Waals surface area contributed by atoms with Crippen LogP contribution >= 0.6 is 11.3 Å². The monoisotopic (exact) mass is 638 g/mol. The number of hydrogen-bond donors (Lipinski definition) is 0. The Kier molecular flexibility index (Phi) is 6.47. The summed E-state index contributed by atoms with van der Waals surface area (Å²) in [6, 6.07) is 66.9. The first-order valence-corrected chi connectivity index (χ1v) is 17.7. The molecule has 0 N–H and O–H groups in total. The van der Waals surface area contributed by atoms with Crippen LogP contribution in [-0.4, -0.2) is 0 Å². The first-order chi connectivity index (χ1) is 24.3. The van der Waals surface area contributed by atoms with Gasteiger partial charge >= 0.3 is 0 Å². The smallest absolute Gasteiger partial charge is 0.0440 e. The molecule has 228 valence electrons. The van der Waals surface area contributed by atoms with Gasteiger partial charge in [-0.3, -0.25) is 0 Å². The predicted molar refractivity (Wildman–Crippen MR) is 214 cm³/mol. The maximum atomic E-state index is 2.42. The van der Waals surface area contributed by atoms with Gasteiger partial charge in [0.25, 0.3) is 0 Å². The summed E-state index contributed by atoms with van der Waals surface area (Å²) in [7, 11) is 0. The Morgan fingerprint density at radius 3 is 1.22 bits per heavy atom. The normalized spacial score (nSPS) is 11.7. The summed E-state index contributed by atoms with van der Waals surface area (Å²) in [5, 5.41) is 12.8. The third-order valence-electron chi connectivity index (χ3n) is 10.0. The van der Waals surface area contributed by atoms with Gasteiger partial charge in [0.2, 0.25) is 0 Å². The first kappa shape index (κ1) is 28.0. The Labute approximate surface area is 289 Å². The van der Waals surface area contributed by atoms with Crippen molar-refractivity contribution >= 4 is 65.2 Å². The highest BCUT2D eigenvalue weighted by molar-refractivity contribution is 7.21. The van der Waals surface area contributed by atoms with Crippen LogP contribution in [0.2, 0.25) is 0 Å². The van der Waals surface area contributed by atoms with Crippen molar-refractivity contribution in [2.45, 2.75) is 0 Å². The van der Waals surface area contributed by atoms with Gasteiger partial charge in [0.15, 0.2) is 0 Å². The van der Waals surface area contributed by atoms with Crippen molar-refractivity contribution in [1.29, 1.82) is 0 Å². The van der Waals surface area contributed by atoms with Crippen molar-refractivity contribution in [2.75, 3.05) is 0 Å². The highest BCUT2D eigenvalue weighted by atomic mass is 32.1. The largest absolute Gasteiger partial charge is 0.134 e. The fraction of sp³-hybridized carbons (Fsp3) is 0. The van der Waals surface area contributed by atoms with Crippen LogP contribution in [0.5, 0.6) is 0 Å². The Morgan fingerprint density at radius 1 is 0.245 bits per heavy atom. The zero-order valence-electron chi connectivity index (χ0n) is 26.7. The summed E-state index contributed by atoms with van der Waals surface area (Å²) in [6.45, 7) is 0. The van der Waals surface area contributed by atoms with Crippen LogP contribution in [0, 0.1) is 0 Å². The third kappa shape index (κ3) is 4.51. The number of rotatable bonds is 4. The number of fused-ring (bicyclic) bond motifs is 6. The molecular weight excluding hydrogens is 609 g/mol. The van der Waals surface area contributed by atoms with E-state index in [9.17, 15) is 0 Å². The van der Waals surface area contributed by atoms with Gasteiger partial charge in [-0.05, 0) is 83.0 Å². The van der Waals surface area contributed by atoms with Crippen molar-refractivity contribution in [2.24, 2.45) is 0 Å². The first-order valence-electron chi connectivity index (χ1n) is 16.8. The molecule has 0 spiro atoms. The van der Waals surface area contributed by atoms with E-state index in [-0.39, 0.29) is 0 Å². The minimum Gasteiger partial charge on any atom is -0.134 e. The lowest BCUT2D eigenvalue weighted by Crippen LogP contribution is -1.90. The lowest BCUT2D eigenvalue weighted by atomic mass is 9.86. The van der Waals surface area contributed by atoms with Gasteiger partial charge in [-0.2, -0.15) is 0 Å². The minimum absolute atomic E-state index is 1.24. The molecule has 0 aliphatic rings. The molecule has 0 atom stereocenters. The quantitative estimate of drug-likeness (QED) is 0.133. The second kappa shape index (κ2) is 11.3. The van der Waals surface area contributed by atoms with E-state index in [4.69, 9.17) is 0 Å². The molecule has 1 heteroatoms. The fourth-order valence-electron chi connectivity index (χ4n) is 7.78. The van der Waals surface area contributed by atoms with Crippen LogP contribution in [0.25, 0.3) is 97.0 Å². The summed E-state index contributed by atoms with van der Waals surface area (Å²) >= 11 is 1.91. The van der Waals surface area contributed by atoms with E-state index in [1.807, 2.05) is 11.3 Å². The standard InChI is InChI=1S/C48H30S/c1-3-13-31(14-4-1)35-27-25-32-23-24-33-26-28-36(30-44(33)43(32)29-35)45-37-17-7-9-19-39(37)46(40-20-10-8-18-38(40)45)48-42-22-12-11-21-41(42)47(49-48)34-15-5-2-6-16-34/h1-30H. The Morgan fingerprint density at radius 2 is 0.653 bits per heavy atom. The molecule has 10 rings (SSSR count). The summed E-state index contributed by atoms with van der Waals surface area (Å²) in [5.41, 5.74) is 7.59. The van der Waals surface area contributed by atoms with Crippen LogP contribution in [0.1, 0.15) is 0 Å². The Bertz CT molecular complexity index is 2800. The molecule has 49 heavy (non-hydrogen) atoms. The molecule has 0 saturated heterocycles. The minimum atomic E-state index is 1.24. The Balaban J connectivity index is 1.26. The highest BCUT2D eigenvalue weighted by Gasteiger charge is 2.21. The molecule has 9 aromatic carbocycles. The molecule has 10 aromatic rings. The molecule has 0 aliphatic heterocycles. The van der Waals surface area contributed by atoms with Gasteiger partial charge in [0, 0.05) is 26.1 Å². The second-order valence-electron chi connectivity index (χ2n) is 12.8. The fourth-order valence-corrected chi connectivity index (χ4v) is 9.14. The van der Waals surface area contributed by atoms with Gasteiger partial charge in [-0.15, -0.1) is 11.3 Å². The molecule has 0 bridgehead atoms. The van der Waals surface area contributed by atoms with E-state index >= 15 is 0 Å². The van der Waals surface area contributed by atoms with Crippen LogP contribution in [0.3, 0.4) is 0 Å². The van der Waals surface area contributed by atoms with E-state index in [1.54, 1.807) is 0 Å². The van der Waals surface area contributed by atoms with E-state index < -0.39 is 0 Å². The van der Waals surface area contributed by atoms with E-state index in [0.29, 0.717) is 0 Å². The molecule has 0 nitrogen and oxygen atoms in total. The van der Waals surface area contributed by atoms with Gasteiger partial charge in [-0.25, -0.2) is 0 Å². The summed E-state index contributed by atoms with van der Waals surface area (Å²) in [6.07, 6.45) is 0. The van der Waals surface area contributed by atoms with Gasteiger partial charge in [0.1, 0.15) is 0 Å². The van der Waals surface area contributed by atoms with Crippen molar-refractivity contribution in [1.82, 2.24) is 0 Å². The molecule has 0 radical (unpaired) electrons. The van der Waals surface area contributed by atoms with E-state index in [0.717, 1.165) is 0 Å². The summed E-state index contributed by atoms with van der Waals surface area (Å²) in [5.74, 6) is 0. The van der Waals surface area contributed by atoms with Gasteiger partial charge in [0.05, 0.1) is 0 Å². The molecule has 1 heterocycles. The van der Waals surface area contributed by atoms with Gasteiger partial charge in [-0.1, -0.05) is 170 Å². The lowest BCUT2D eigenvalue weighted by Gasteiger charge is -2.18. The number of thiophene rings is 1. The van der Waals surface area contributed by atoms with Crippen LogP contribution < -0.4 is 0 Å². The SMILES string of the molecule is c1ccc(-c2ccc3ccc4ccc(-c5c6ccccc6c(-c6sc(-c7ccccc7)c7ccccc67)c6ccccc56)cc4c3c2)cc1. The molecule has 0 unspecified atom stereocenters. The van der Waals surface area contributed by atoms with Crippen LogP contribution in [0.15, 0.2) is 182 Å². The van der Waals surface area contributed by atoms with Crippen LogP contribution in [-0.2, 0) is 0 Å². The Hall–Kier alpha value is -6.02. The molecule has 0 saturated carbocycles. The molecule has 0 amide bonds. The van der Waals surface area contributed by atoms with Crippen molar-refractivity contribution in [3.63, 3.8) is 0 Å². The average molecular weight is 639 g/mol.